The highest BCUT2D eigenvalue weighted by atomic mass is 16.5. The highest BCUT2D eigenvalue weighted by Crippen LogP contribution is 2.13. The topological polar surface area (TPSA) is 91.9 Å². The second kappa shape index (κ2) is 6.14. The lowest BCUT2D eigenvalue weighted by atomic mass is 10.3. The molecule has 0 aliphatic rings. The molecule has 6 heteroatoms. The number of hydrogen-bond acceptors (Lipinski definition) is 5. The summed E-state index contributed by atoms with van der Waals surface area (Å²) in [5.74, 6) is -0.838. The van der Waals surface area contributed by atoms with Crippen molar-refractivity contribution in [3.05, 3.63) is 17.9 Å². The van der Waals surface area contributed by atoms with Crippen molar-refractivity contribution in [2.24, 2.45) is 0 Å². The van der Waals surface area contributed by atoms with E-state index in [4.69, 9.17) is 14.3 Å². The second-order valence-corrected chi connectivity index (χ2v) is 3.29. The van der Waals surface area contributed by atoms with Gasteiger partial charge >= 0.3 is 5.97 Å². The van der Waals surface area contributed by atoms with E-state index in [1.165, 1.54) is 19.2 Å². The van der Waals surface area contributed by atoms with Crippen LogP contribution in [0.2, 0.25) is 0 Å². The number of nitrogens with one attached hydrogen (secondary N) is 1. The molecule has 0 aromatic carbocycles. The van der Waals surface area contributed by atoms with Gasteiger partial charge in [0.25, 0.3) is 0 Å². The van der Waals surface area contributed by atoms with Gasteiger partial charge < -0.3 is 24.7 Å². The zero-order chi connectivity index (χ0) is 12.0. The smallest absolute Gasteiger partial charge is 0.371 e. The SMILES string of the molecule is COCC(O)CCNc1ccc(C(=O)O)o1. The molecule has 1 atom stereocenters. The summed E-state index contributed by atoms with van der Waals surface area (Å²) in [6.45, 7) is 0.761. The van der Waals surface area contributed by atoms with Crippen LogP contribution in [0.3, 0.4) is 0 Å². The molecule has 1 unspecified atom stereocenters. The van der Waals surface area contributed by atoms with E-state index in [1.807, 2.05) is 0 Å². The number of carbonyl (C=O) groups is 1. The molecule has 6 nitrogen and oxygen atoms in total. The lowest BCUT2D eigenvalue weighted by molar-refractivity contribution is 0.0613. The van der Waals surface area contributed by atoms with Crippen molar-refractivity contribution in [2.45, 2.75) is 12.5 Å². The van der Waals surface area contributed by atoms with E-state index in [1.54, 1.807) is 0 Å². The number of carboxylic acids is 1. The average Bonchev–Trinajstić information content (AvgIpc) is 2.67. The molecule has 90 valence electrons. The summed E-state index contributed by atoms with van der Waals surface area (Å²) in [5, 5.41) is 20.8. The Labute approximate surface area is 92.8 Å². The van der Waals surface area contributed by atoms with E-state index < -0.39 is 12.1 Å². The van der Waals surface area contributed by atoms with Crippen molar-refractivity contribution in [3.8, 4) is 0 Å². The van der Waals surface area contributed by atoms with Crippen LogP contribution in [0, 0.1) is 0 Å². The first-order valence-electron chi connectivity index (χ1n) is 4.87. The predicted molar refractivity (Wildman–Crippen MR) is 56.7 cm³/mol. The quantitative estimate of drug-likeness (QED) is 0.640. The van der Waals surface area contributed by atoms with Gasteiger partial charge in [0.2, 0.25) is 5.76 Å². The van der Waals surface area contributed by atoms with E-state index in [2.05, 4.69) is 5.32 Å². The Morgan fingerprint density at radius 2 is 2.38 bits per heavy atom. The predicted octanol–water partition coefficient (Wildman–Crippen LogP) is 0.787. The molecule has 0 bridgehead atoms. The summed E-state index contributed by atoms with van der Waals surface area (Å²) in [5.41, 5.74) is 0. The van der Waals surface area contributed by atoms with Gasteiger partial charge in [0.15, 0.2) is 5.88 Å². The first-order chi connectivity index (χ1) is 7.63. The number of ether oxygens (including phenoxy) is 1. The van der Waals surface area contributed by atoms with Crippen LogP contribution in [-0.4, -0.2) is 42.5 Å². The maximum absolute atomic E-state index is 10.5. The molecule has 1 aromatic heterocycles. The van der Waals surface area contributed by atoms with Crippen LogP contribution >= 0.6 is 0 Å². The van der Waals surface area contributed by atoms with Gasteiger partial charge in [0.05, 0.1) is 12.7 Å². The standard InChI is InChI=1S/C10H15NO5/c1-15-6-7(12)4-5-11-9-3-2-8(16-9)10(13)14/h2-3,7,11-12H,4-6H2,1H3,(H,13,14). The van der Waals surface area contributed by atoms with Crippen molar-refractivity contribution >= 4 is 11.9 Å². The van der Waals surface area contributed by atoms with Crippen LogP contribution in [0.25, 0.3) is 0 Å². The Kier molecular flexibility index (Phi) is 4.81. The molecular formula is C10H15NO5. The third-order valence-electron chi connectivity index (χ3n) is 1.95. The van der Waals surface area contributed by atoms with Crippen molar-refractivity contribution in [1.29, 1.82) is 0 Å². The monoisotopic (exact) mass is 229 g/mol. The van der Waals surface area contributed by atoms with Crippen LogP contribution in [0.4, 0.5) is 5.88 Å². The molecule has 0 aliphatic carbocycles. The Bertz CT molecular complexity index is 336. The summed E-state index contributed by atoms with van der Waals surface area (Å²) in [6.07, 6.45) is -0.0388. The molecule has 1 rings (SSSR count). The average molecular weight is 229 g/mol. The Hall–Kier alpha value is -1.53. The fourth-order valence-electron chi connectivity index (χ4n) is 1.19. The molecule has 16 heavy (non-hydrogen) atoms. The van der Waals surface area contributed by atoms with Gasteiger partial charge in [-0.05, 0) is 12.5 Å². The minimum atomic E-state index is -1.10. The number of methoxy groups -OCH3 is 1. The van der Waals surface area contributed by atoms with Crippen LogP contribution in [0.1, 0.15) is 17.0 Å². The van der Waals surface area contributed by atoms with E-state index in [0.717, 1.165) is 0 Å². The fourth-order valence-corrected chi connectivity index (χ4v) is 1.19. The van der Waals surface area contributed by atoms with E-state index in [-0.39, 0.29) is 12.4 Å². The number of hydrogen-bond donors (Lipinski definition) is 3. The number of aliphatic hydroxyl groups excluding tert-OH is 1. The molecule has 0 amide bonds. The van der Waals surface area contributed by atoms with E-state index in [0.29, 0.717) is 18.8 Å². The van der Waals surface area contributed by atoms with Gasteiger partial charge in [-0.1, -0.05) is 0 Å². The highest BCUT2D eigenvalue weighted by Gasteiger charge is 2.09. The zero-order valence-electron chi connectivity index (χ0n) is 8.97. The number of aliphatic hydroxyl groups is 1. The first-order valence-corrected chi connectivity index (χ1v) is 4.87. The summed E-state index contributed by atoms with van der Waals surface area (Å²) in [6, 6.07) is 2.91. The highest BCUT2D eigenvalue weighted by molar-refractivity contribution is 5.84. The third kappa shape index (κ3) is 3.92. The number of aromatic carboxylic acids is 1. The van der Waals surface area contributed by atoms with E-state index >= 15 is 0 Å². The number of anilines is 1. The van der Waals surface area contributed by atoms with Gasteiger partial charge in [0, 0.05) is 19.7 Å². The molecular weight excluding hydrogens is 214 g/mol. The Morgan fingerprint density at radius 3 is 2.94 bits per heavy atom. The van der Waals surface area contributed by atoms with Crippen LogP contribution in [0.15, 0.2) is 16.5 Å². The molecule has 0 saturated heterocycles. The maximum atomic E-state index is 10.5. The summed E-state index contributed by atoms with van der Waals surface area (Å²) >= 11 is 0. The van der Waals surface area contributed by atoms with Crippen molar-refractivity contribution in [3.63, 3.8) is 0 Å². The lowest BCUT2D eigenvalue weighted by Crippen LogP contribution is -2.18. The molecule has 3 N–H and O–H groups in total. The Morgan fingerprint density at radius 1 is 1.62 bits per heavy atom. The minimum Gasteiger partial charge on any atom is -0.475 e. The summed E-state index contributed by atoms with van der Waals surface area (Å²) < 4.78 is 9.73. The summed E-state index contributed by atoms with van der Waals surface area (Å²) in [7, 11) is 1.52. The van der Waals surface area contributed by atoms with Crippen molar-refractivity contribution < 1.29 is 24.2 Å². The van der Waals surface area contributed by atoms with Gasteiger partial charge in [-0.2, -0.15) is 0 Å². The number of carboxylic acid groups (broad SMARTS) is 1. The first kappa shape index (κ1) is 12.5. The number of rotatable bonds is 7. The third-order valence-corrected chi connectivity index (χ3v) is 1.95. The molecule has 1 aromatic rings. The van der Waals surface area contributed by atoms with Gasteiger partial charge in [-0.25, -0.2) is 4.79 Å². The van der Waals surface area contributed by atoms with Crippen LogP contribution in [-0.2, 0) is 4.74 Å². The molecule has 1 heterocycles. The largest absolute Gasteiger partial charge is 0.475 e. The number of furan rings is 1. The van der Waals surface area contributed by atoms with Crippen molar-refractivity contribution in [1.82, 2.24) is 0 Å². The summed E-state index contributed by atoms with van der Waals surface area (Å²) in [4.78, 5) is 10.5. The molecule has 0 fully saturated rings. The Balaban J connectivity index is 2.29. The maximum Gasteiger partial charge on any atom is 0.371 e. The molecule has 0 spiro atoms. The van der Waals surface area contributed by atoms with Crippen LogP contribution < -0.4 is 5.32 Å². The van der Waals surface area contributed by atoms with Gasteiger partial charge in [-0.3, -0.25) is 0 Å². The zero-order valence-corrected chi connectivity index (χ0v) is 8.97. The fraction of sp³-hybridized carbons (Fsp3) is 0.500. The van der Waals surface area contributed by atoms with Crippen LogP contribution in [0.5, 0.6) is 0 Å². The van der Waals surface area contributed by atoms with Gasteiger partial charge in [0.1, 0.15) is 0 Å². The van der Waals surface area contributed by atoms with Gasteiger partial charge in [-0.15, -0.1) is 0 Å². The van der Waals surface area contributed by atoms with Crippen molar-refractivity contribution in [2.75, 3.05) is 25.6 Å². The normalized spacial score (nSPS) is 12.4. The lowest BCUT2D eigenvalue weighted by Gasteiger charge is -2.09. The minimum absolute atomic E-state index is 0.111. The molecule has 0 aliphatic heterocycles. The second-order valence-electron chi connectivity index (χ2n) is 3.29. The van der Waals surface area contributed by atoms with E-state index in [9.17, 15) is 9.90 Å². The molecule has 0 saturated carbocycles. The molecule has 0 radical (unpaired) electrons.